The van der Waals surface area contributed by atoms with Crippen molar-refractivity contribution < 1.29 is 9.84 Å². The lowest BCUT2D eigenvalue weighted by atomic mass is 10.5. The third-order valence-corrected chi connectivity index (χ3v) is 9.76. The Kier molecular flexibility index (Phi) is 5.96. The smallest absolute Gasteiger partial charge is 0.404 e. The molecule has 0 spiro atoms. The lowest BCUT2D eigenvalue weighted by molar-refractivity contribution is 0.134. The maximum absolute atomic E-state index is 9.78. The summed E-state index contributed by atoms with van der Waals surface area (Å²) in [6.07, 6.45) is 1.83. The first-order chi connectivity index (χ1) is 7.88. The number of allylic oxidation sites excluding steroid dienone is 1. The van der Waals surface area contributed by atoms with Crippen LogP contribution in [-0.2, 0) is 4.74 Å². The van der Waals surface area contributed by atoms with E-state index in [-0.39, 0.29) is 5.95 Å². The van der Waals surface area contributed by atoms with Crippen LogP contribution in [0.5, 0.6) is 0 Å². The molecule has 0 aromatic rings. The lowest BCUT2D eigenvalue weighted by Crippen LogP contribution is -2.43. The second-order valence-corrected chi connectivity index (χ2v) is 10.1. The summed E-state index contributed by atoms with van der Waals surface area (Å²) < 4.78 is 4.84. The summed E-state index contributed by atoms with van der Waals surface area (Å²) in [5, 5.41) is 19.3. The van der Waals surface area contributed by atoms with Gasteiger partial charge < -0.3 is 9.84 Å². The van der Waals surface area contributed by atoms with Gasteiger partial charge in [0.2, 0.25) is 13.5 Å². The maximum Gasteiger partial charge on any atom is 0.404 e. The van der Waals surface area contributed by atoms with Gasteiger partial charge in [-0.05, 0) is 17.1 Å². The van der Waals surface area contributed by atoms with Crippen LogP contribution in [0.4, 0.5) is 0 Å². The van der Waals surface area contributed by atoms with Gasteiger partial charge in [0.05, 0.1) is 7.11 Å². The topological polar surface area (TPSA) is 57.6 Å². The van der Waals surface area contributed by atoms with Gasteiger partial charge in [-0.3, -0.25) is 0 Å². The number of hydrogen-bond acceptors (Lipinski definition) is 3. The number of methoxy groups -OCH3 is 1. The molecule has 0 aromatic carbocycles. The van der Waals surface area contributed by atoms with E-state index in [4.69, 9.17) is 4.74 Å². The molecule has 0 heterocycles. The van der Waals surface area contributed by atoms with Crippen LogP contribution in [0.1, 0.15) is 27.7 Å². The van der Waals surface area contributed by atoms with E-state index in [1.165, 1.54) is 7.11 Å². The van der Waals surface area contributed by atoms with E-state index in [0.717, 1.165) is 6.04 Å². The molecule has 96 valence electrons. The van der Waals surface area contributed by atoms with Crippen molar-refractivity contribution in [2.75, 3.05) is 7.11 Å². The zero-order valence-electron chi connectivity index (χ0n) is 11.4. The van der Waals surface area contributed by atoms with Crippen LogP contribution in [0.3, 0.4) is 0 Å². The van der Waals surface area contributed by atoms with Crippen LogP contribution in [0.25, 0.3) is 4.98 Å². The van der Waals surface area contributed by atoms with Crippen LogP contribution in [0, 0.1) is 5.39 Å². The molecule has 0 bridgehead atoms. The van der Waals surface area contributed by atoms with E-state index in [1.807, 2.05) is 6.08 Å². The molecule has 1 N–H and O–H groups in total. The minimum Gasteiger partial charge on any atom is -0.476 e. The summed E-state index contributed by atoms with van der Waals surface area (Å²) >= 11 is 0. The van der Waals surface area contributed by atoms with Crippen LogP contribution >= 0.6 is 0 Å². The molecule has 0 rings (SSSR count). The molecule has 0 aliphatic heterocycles. The quantitative estimate of drug-likeness (QED) is 0.335. The molecule has 17 heavy (non-hydrogen) atoms. The Morgan fingerprint density at radius 1 is 1.41 bits per heavy atom. The van der Waals surface area contributed by atoms with Gasteiger partial charge in [0.25, 0.3) is 0 Å². The van der Waals surface area contributed by atoms with E-state index in [2.05, 4.69) is 39.2 Å². The van der Waals surface area contributed by atoms with Gasteiger partial charge in [-0.25, -0.2) is 0 Å². The fourth-order valence-corrected chi connectivity index (χ4v) is 7.18. The van der Waals surface area contributed by atoms with Crippen molar-refractivity contribution in [3.63, 3.8) is 0 Å². The molecule has 0 saturated heterocycles. The molecule has 5 heteroatoms. The molecule has 0 fully saturated rings. The fraction of sp³-hybridized carbons (Fsp3) is 0.667. The third kappa shape index (κ3) is 2.89. The fourth-order valence-electron chi connectivity index (χ4n) is 2.45. The van der Waals surface area contributed by atoms with Crippen LogP contribution in [0.15, 0.2) is 23.9 Å². The average Bonchev–Trinajstić information content (AvgIpc) is 2.27. The largest absolute Gasteiger partial charge is 0.476 e. The molecule has 0 saturated carbocycles. The Morgan fingerprint density at radius 2 is 1.88 bits per heavy atom. The molecular formula is C12H23N2O2Si+. The van der Waals surface area contributed by atoms with Gasteiger partial charge in [0.1, 0.15) is 0 Å². The Hall–Kier alpha value is -1.28. The molecule has 0 aromatic heterocycles. The van der Waals surface area contributed by atoms with Gasteiger partial charge in [-0.2, -0.15) is 0 Å². The third-order valence-electron chi connectivity index (χ3n) is 3.48. The number of ether oxygens (including phenoxy) is 1. The lowest BCUT2D eigenvalue weighted by Gasteiger charge is -2.31. The van der Waals surface area contributed by atoms with Crippen molar-refractivity contribution in [3.05, 3.63) is 28.9 Å². The molecule has 0 amide bonds. The molecule has 0 atom stereocenters. The van der Waals surface area contributed by atoms with Crippen molar-refractivity contribution in [2.45, 2.75) is 44.8 Å². The summed E-state index contributed by atoms with van der Waals surface area (Å²) in [6.45, 7) is 12.1. The Morgan fingerprint density at radius 3 is 2.12 bits per heavy atom. The predicted molar refractivity (Wildman–Crippen MR) is 72.7 cm³/mol. The average molecular weight is 255 g/mol. The van der Waals surface area contributed by atoms with Crippen LogP contribution in [-0.4, -0.2) is 20.3 Å². The summed E-state index contributed by atoms with van der Waals surface area (Å²) in [6, 6.07) is 0.745. The summed E-state index contributed by atoms with van der Waals surface area (Å²) in [4.78, 5) is 3.31. The first kappa shape index (κ1) is 15.7. The highest BCUT2D eigenvalue weighted by molar-refractivity contribution is 6.89. The molecule has 0 unspecified atom stereocenters. The van der Waals surface area contributed by atoms with Gasteiger partial charge >= 0.3 is 11.3 Å². The standard InChI is InChI=1S/C12H22N2O2Si/c1-7-8-17(9(2)3,10(4)5)11(14-13)12(15)16-6/h7,9-10H,1,8H2,2-6H3/p+1/b12-11-. The van der Waals surface area contributed by atoms with E-state index < -0.39 is 8.07 Å². The van der Waals surface area contributed by atoms with Crippen molar-refractivity contribution in [2.24, 2.45) is 0 Å². The summed E-state index contributed by atoms with van der Waals surface area (Å²) in [5.41, 5.74) is 0.618. The molecule has 0 radical (unpaired) electrons. The van der Waals surface area contributed by atoms with Gasteiger partial charge in [-0.1, -0.05) is 33.8 Å². The van der Waals surface area contributed by atoms with Crippen molar-refractivity contribution in [1.29, 1.82) is 5.39 Å². The molecule has 0 aliphatic rings. The van der Waals surface area contributed by atoms with Crippen molar-refractivity contribution in [3.8, 4) is 0 Å². The minimum absolute atomic E-state index is 0.275. The summed E-state index contributed by atoms with van der Waals surface area (Å²) in [5.74, 6) is -0.275. The Labute approximate surface area is 105 Å². The first-order valence-corrected chi connectivity index (χ1v) is 8.18. The monoisotopic (exact) mass is 255 g/mol. The molecule has 0 aliphatic carbocycles. The SMILES string of the molecule is C=CC[Si](/C([N+]#N)=C(/O)OC)(C(C)C)C(C)C. The Balaban J connectivity index is 5.91. The summed E-state index contributed by atoms with van der Waals surface area (Å²) in [7, 11) is -0.825. The normalized spacial score (nSPS) is 13.3. The maximum atomic E-state index is 9.78. The van der Waals surface area contributed by atoms with Crippen molar-refractivity contribution >= 4 is 8.07 Å². The van der Waals surface area contributed by atoms with E-state index in [1.54, 1.807) is 0 Å². The Bertz CT molecular complexity index is 335. The highest BCUT2D eigenvalue weighted by Gasteiger charge is 2.54. The zero-order chi connectivity index (χ0) is 13.6. The number of nitrogens with zero attached hydrogens (tertiary/aromatic N) is 2. The molecule has 4 nitrogen and oxygen atoms in total. The number of rotatable bonds is 6. The number of diazo groups is 1. The van der Waals surface area contributed by atoms with E-state index in [9.17, 15) is 10.5 Å². The van der Waals surface area contributed by atoms with Gasteiger partial charge in [0.15, 0.2) is 4.98 Å². The predicted octanol–water partition coefficient (Wildman–Crippen LogP) is 4.21. The van der Waals surface area contributed by atoms with Gasteiger partial charge in [0, 0.05) is 0 Å². The second-order valence-electron chi connectivity index (χ2n) is 4.80. The second kappa shape index (κ2) is 6.45. The first-order valence-electron chi connectivity index (χ1n) is 5.82. The number of hydrogen-bond donors (Lipinski definition) is 1. The number of aliphatic hydroxyl groups excluding tert-OH is 1. The van der Waals surface area contributed by atoms with Crippen molar-refractivity contribution in [1.82, 2.24) is 0 Å². The zero-order valence-corrected chi connectivity index (χ0v) is 12.4. The minimum atomic E-state index is -2.19. The van der Waals surface area contributed by atoms with Crippen LogP contribution in [0.2, 0.25) is 17.1 Å². The highest BCUT2D eigenvalue weighted by Crippen LogP contribution is 2.43. The van der Waals surface area contributed by atoms with Crippen LogP contribution < -0.4 is 0 Å². The molecular weight excluding hydrogens is 232 g/mol. The highest BCUT2D eigenvalue weighted by atomic mass is 28.3. The van der Waals surface area contributed by atoms with E-state index >= 15 is 0 Å². The number of aliphatic hydroxyl groups is 1. The van der Waals surface area contributed by atoms with E-state index in [0.29, 0.717) is 16.4 Å². The van der Waals surface area contributed by atoms with Gasteiger partial charge in [-0.15, -0.1) is 6.58 Å².